The molecule has 3 nitrogen and oxygen atoms in total. The molecule has 3 aromatic carbocycles. The van der Waals surface area contributed by atoms with Crippen LogP contribution in [0.15, 0.2) is 66.7 Å². The molecule has 4 aromatic rings. The van der Waals surface area contributed by atoms with E-state index in [9.17, 15) is 0 Å². The van der Waals surface area contributed by atoms with Gasteiger partial charge in [-0.1, -0.05) is 35.9 Å². The van der Waals surface area contributed by atoms with Crippen molar-refractivity contribution in [3.63, 3.8) is 0 Å². The Labute approximate surface area is 176 Å². The third-order valence-corrected chi connectivity index (χ3v) is 5.39. The van der Waals surface area contributed by atoms with E-state index in [2.05, 4.69) is 54.8 Å². The SMILES string of the molecule is Cc1ccc(C)c(OCCCCn2c(-c3ccc(Cl)cc3)nc3ccccc32)c1. The molecule has 0 unspecified atom stereocenters. The number of hydrogen-bond donors (Lipinski definition) is 0. The van der Waals surface area contributed by atoms with Crippen molar-refractivity contribution >= 4 is 22.6 Å². The highest BCUT2D eigenvalue weighted by Crippen LogP contribution is 2.26. The second-order valence-electron chi connectivity index (χ2n) is 7.41. The molecule has 0 amide bonds. The molecule has 4 heteroatoms. The minimum Gasteiger partial charge on any atom is -0.493 e. The molecule has 0 radical (unpaired) electrons. The molecule has 29 heavy (non-hydrogen) atoms. The Kier molecular flexibility index (Phi) is 5.86. The van der Waals surface area contributed by atoms with Gasteiger partial charge in [-0.15, -0.1) is 0 Å². The van der Waals surface area contributed by atoms with Gasteiger partial charge in [0.05, 0.1) is 17.6 Å². The van der Waals surface area contributed by atoms with Gasteiger partial charge in [0.1, 0.15) is 11.6 Å². The van der Waals surface area contributed by atoms with E-state index >= 15 is 0 Å². The van der Waals surface area contributed by atoms with Gasteiger partial charge < -0.3 is 9.30 Å². The van der Waals surface area contributed by atoms with Crippen LogP contribution in [0.2, 0.25) is 5.02 Å². The number of benzene rings is 3. The van der Waals surface area contributed by atoms with E-state index in [1.165, 1.54) is 11.1 Å². The van der Waals surface area contributed by atoms with Crippen molar-refractivity contribution in [3.8, 4) is 17.1 Å². The van der Waals surface area contributed by atoms with Crippen LogP contribution in [-0.2, 0) is 6.54 Å². The number of nitrogens with zero attached hydrogens (tertiary/aromatic N) is 2. The van der Waals surface area contributed by atoms with Gasteiger partial charge in [0.15, 0.2) is 0 Å². The molecule has 0 saturated heterocycles. The number of ether oxygens (including phenoxy) is 1. The number of rotatable bonds is 7. The van der Waals surface area contributed by atoms with E-state index < -0.39 is 0 Å². The Hall–Kier alpha value is -2.78. The molecule has 0 bridgehead atoms. The standard InChI is InChI=1S/C25H25ClN2O/c1-18-9-10-19(2)24(17-18)29-16-6-5-15-28-23-8-4-3-7-22(23)27-25(28)20-11-13-21(26)14-12-20/h3-4,7-14,17H,5-6,15-16H2,1-2H3. The van der Waals surface area contributed by atoms with E-state index in [0.717, 1.165) is 52.6 Å². The summed E-state index contributed by atoms with van der Waals surface area (Å²) in [4.78, 5) is 4.87. The third-order valence-electron chi connectivity index (χ3n) is 5.13. The Morgan fingerprint density at radius 1 is 0.931 bits per heavy atom. The van der Waals surface area contributed by atoms with Crippen molar-refractivity contribution in [2.75, 3.05) is 6.61 Å². The highest BCUT2D eigenvalue weighted by Gasteiger charge is 2.12. The molecule has 0 N–H and O–H groups in total. The molecular formula is C25H25ClN2O. The maximum atomic E-state index is 6.07. The molecular weight excluding hydrogens is 380 g/mol. The van der Waals surface area contributed by atoms with Crippen molar-refractivity contribution in [2.24, 2.45) is 0 Å². The minimum absolute atomic E-state index is 0.715. The van der Waals surface area contributed by atoms with Gasteiger partial charge in [-0.2, -0.15) is 0 Å². The van der Waals surface area contributed by atoms with Gasteiger partial charge in [-0.3, -0.25) is 0 Å². The first kappa shape index (κ1) is 19.5. The maximum Gasteiger partial charge on any atom is 0.141 e. The molecule has 1 heterocycles. The van der Waals surface area contributed by atoms with Crippen LogP contribution in [0.5, 0.6) is 5.75 Å². The van der Waals surface area contributed by atoms with Crippen LogP contribution in [0.4, 0.5) is 0 Å². The van der Waals surface area contributed by atoms with Crippen LogP contribution < -0.4 is 4.74 Å². The zero-order chi connectivity index (χ0) is 20.2. The number of fused-ring (bicyclic) bond motifs is 1. The number of hydrogen-bond acceptors (Lipinski definition) is 2. The molecule has 0 spiro atoms. The summed E-state index contributed by atoms with van der Waals surface area (Å²) in [6, 6.07) is 22.5. The van der Waals surface area contributed by atoms with Crippen molar-refractivity contribution in [1.29, 1.82) is 0 Å². The lowest BCUT2D eigenvalue weighted by Crippen LogP contribution is -2.04. The van der Waals surface area contributed by atoms with Crippen LogP contribution in [0, 0.1) is 13.8 Å². The lowest BCUT2D eigenvalue weighted by Gasteiger charge is -2.12. The summed E-state index contributed by atoms with van der Waals surface area (Å²) in [6.07, 6.45) is 2.01. The van der Waals surface area contributed by atoms with Crippen LogP contribution >= 0.6 is 11.6 Å². The van der Waals surface area contributed by atoms with E-state index in [-0.39, 0.29) is 0 Å². The van der Waals surface area contributed by atoms with E-state index in [0.29, 0.717) is 6.61 Å². The number of para-hydroxylation sites is 2. The van der Waals surface area contributed by atoms with Gasteiger partial charge in [0.25, 0.3) is 0 Å². The predicted molar refractivity (Wildman–Crippen MR) is 121 cm³/mol. The van der Waals surface area contributed by atoms with Crippen LogP contribution in [0.3, 0.4) is 0 Å². The Bertz CT molecular complexity index is 1120. The largest absolute Gasteiger partial charge is 0.493 e. The number of halogens is 1. The summed E-state index contributed by atoms with van der Waals surface area (Å²) >= 11 is 6.07. The quantitative estimate of drug-likeness (QED) is 0.315. The fraction of sp³-hybridized carbons (Fsp3) is 0.240. The summed E-state index contributed by atoms with van der Waals surface area (Å²) in [6.45, 7) is 5.79. The van der Waals surface area contributed by atoms with Crippen LogP contribution in [0.1, 0.15) is 24.0 Å². The summed E-state index contributed by atoms with van der Waals surface area (Å²) in [7, 11) is 0. The fourth-order valence-corrected chi connectivity index (χ4v) is 3.66. The molecule has 0 atom stereocenters. The molecule has 0 aliphatic rings. The highest BCUT2D eigenvalue weighted by atomic mass is 35.5. The smallest absolute Gasteiger partial charge is 0.141 e. The summed E-state index contributed by atoms with van der Waals surface area (Å²) in [5, 5.41) is 0.736. The monoisotopic (exact) mass is 404 g/mol. The van der Waals surface area contributed by atoms with Gasteiger partial charge in [-0.05, 0) is 80.3 Å². The molecule has 0 aliphatic carbocycles. The Morgan fingerprint density at radius 2 is 1.72 bits per heavy atom. The third kappa shape index (κ3) is 4.46. The van der Waals surface area contributed by atoms with Gasteiger partial charge in [-0.25, -0.2) is 4.98 Å². The number of imidazole rings is 1. The topological polar surface area (TPSA) is 27.1 Å². The molecule has 0 aliphatic heterocycles. The lowest BCUT2D eigenvalue weighted by atomic mass is 10.1. The van der Waals surface area contributed by atoms with Gasteiger partial charge >= 0.3 is 0 Å². The average molecular weight is 405 g/mol. The van der Waals surface area contributed by atoms with Gasteiger partial charge in [0, 0.05) is 17.1 Å². The summed E-state index contributed by atoms with van der Waals surface area (Å²) in [5.74, 6) is 1.97. The first-order valence-electron chi connectivity index (χ1n) is 10.0. The molecule has 0 saturated carbocycles. The van der Waals surface area contributed by atoms with Crippen LogP contribution in [0.25, 0.3) is 22.4 Å². The normalized spacial score (nSPS) is 11.1. The predicted octanol–water partition coefficient (Wildman–Crippen LogP) is 6.83. The number of aromatic nitrogens is 2. The molecule has 148 valence electrons. The second-order valence-corrected chi connectivity index (χ2v) is 7.84. The first-order valence-corrected chi connectivity index (χ1v) is 10.4. The molecule has 4 rings (SSSR count). The number of unbranched alkanes of at least 4 members (excludes halogenated alkanes) is 1. The average Bonchev–Trinajstić information content (AvgIpc) is 3.09. The highest BCUT2D eigenvalue weighted by molar-refractivity contribution is 6.30. The van der Waals surface area contributed by atoms with Crippen molar-refractivity contribution in [1.82, 2.24) is 9.55 Å². The van der Waals surface area contributed by atoms with Crippen LogP contribution in [-0.4, -0.2) is 16.2 Å². The minimum atomic E-state index is 0.715. The van der Waals surface area contributed by atoms with E-state index in [1.54, 1.807) is 0 Å². The molecule has 0 fully saturated rings. The Morgan fingerprint density at radius 3 is 2.55 bits per heavy atom. The number of aryl methyl sites for hydroxylation is 3. The van der Waals surface area contributed by atoms with Crippen molar-refractivity contribution in [3.05, 3.63) is 82.9 Å². The summed E-state index contributed by atoms with van der Waals surface area (Å²) in [5.41, 5.74) is 5.67. The zero-order valence-electron chi connectivity index (χ0n) is 16.9. The van der Waals surface area contributed by atoms with Gasteiger partial charge in [0.2, 0.25) is 0 Å². The summed E-state index contributed by atoms with van der Waals surface area (Å²) < 4.78 is 8.32. The van der Waals surface area contributed by atoms with E-state index in [4.69, 9.17) is 21.3 Å². The van der Waals surface area contributed by atoms with Crippen molar-refractivity contribution < 1.29 is 4.74 Å². The fourth-order valence-electron chi connectivity index (χ4n) is 3.54. The second kappa shape index (κ2) is 8.71. The first-order chi connectivity index (χ1) is 14.1. The van der Waals surface area contributed by atoms with E-state index in [1.807, 2.05) is 30.3 Å². The maximum absolute atomic E-state index is 6.07. The Balaban J connectivity index is 1.46. The van der Waals surface area contributed by atoms with Crippen molar-refractivity contribution in [2.45, 2.75) is 33.2 Å². The zero-order valence-corrected chi connectivity index (χ0v) is 17.6. The molecule has 1 aromatic heterocycles. The lowest BCUT2D eigenvalue weighted by molar-refractivity contribution is 0.301.